The molecule has 0 radical (unpaired) electrons. The van der Waals surface area contributed by atoms with Crippen molar-refractivity contribution >= 4 is 39.0 Å². The molecule has 0 aliphatic heterocycles. The Morgan fingerprint density at radius 2 is 2.05 bits per heavy atom. The van der Waals surface area contributed by atoms with E-state index in [1.807, 2.05) is 23.1 Å². The molecule has 1 heterocycles. The van der Waals surface area contributed by atoms with Crippen LogP contribution in [0.5, 0.6) is 0 Å². The van der Waals surface area contributed by atoms with Crippen LogP contribution in [0.15, 0.2) is 51.1 Å². The molecule has 2 rings (SSSR count). The Morgan fingerprint density at radius 1 is 1.26 bits per heavy atom. The molecule has 0 aliphatic rings. The van der Waals surface area contributed by atoms with Crippen LogP contribution in [-0.2, 0) is 6.42 Å². The number of hydrogen-bond acceptors (Lipinski definition) is 3. The van der Waals surface area contributed by atoms with Gasteiger partial charge in [-0.2, -0.15) is 0 Å². The fourth-order valence-corrected chi connectivity index (χ4v) is 3.89. The SMILES string of the molecule is CCNC(CSc1ccc(Br)cc1)Cc1cccs1. The maximum Gasteiger partial charge on any atom is 0.0209 e. The van der Waals surface area contributed by atoms with Gasteiger partial charge in [0.05, 0.1) is 0 Å². The highest BCUT2D eigenvalue weighted by molar-refractivity contribution is 9.10. The first-order valence-electron chi connectivity index (χ1n) is 6.42. The van der Waals surface area contributed by atoms with E-state index in [1.165, 1.54) is 9.77 Å². The zero-order valence-electron chi connectivity index (χ0n) is 10.9. The van der Waals surface area contributed by atoms with Crippen LogP contribution >= 0.6 is 39.0 Å². The highest BCUT2D eigenvalue weighted by Gasteiger charge is 2.09. The van der Waals surface area contributed by atoms with Crippen LogP contribution in [0.2, 0.25) is 0 Å². The van der Waals surface area contributed by atoms with Crippen molar-refractivity contribution in [3.05, 3.63) is 51.1 Å². The van der Waals surface area contributed by atoms with E-state index in [-0.39, 0.29) is 0 Å². The van der Waals surface area contributed by atoms with Crippen LogP contribution in [0.1, 0.15) is 11.8 Å². The van der Waals surface area contributed by atoms with Gasteiger partial charge < -0.3 is 5.32 Å². The molecule has 102 valence electrons. The molecule has 0 amide bonds. The number of hydrogen-bond donors (Lipinski definition) is 1. The normalized spacial score (nSPS) is 12.5. The van der Waals surface area contributed by atoms with Crippen LogP contribution in [0.25, 0.3) is 0 Å². The average Bonchev–Trinajstić information content (AvgIpc) is 2.91. The molecule has 1 aromatic carbocycles. The summed E-state index contributed by atoms with van der Waals surface area (Å²) in [6, 6.07) is 13.4. The van der Waals surface area contributed by atoms with Crippen LogP contribution < -0.4 is 5.32 Å². The number of thiophene rings is 1. The summed E-state index contributed by atoms with van der Waals surface area (Å²) in [5, 5.41) is 5.73. The molecule has 2 aromatic rings. The molecule has 0 spiro atoms. The Kier molecular flexibility index (Phi) is 6.44. The number of rotatable bonds is 7. The average molecular weight is 356 g/mol. The lowest BCUT2D eigenvalue weighted by atomic mass is 10.2. The zero-order valence-corrected chi connectivity index (χ0v) is 14.2. The highest BCUT2D eigenvalue weighted by Crippen LogP contribution is 2.22. The Morgan fingerprint density at radius 3 is 2.68 bits per heavy atom. The van der Waals surface area contributed by atoms with Gasteiger partial charge in [-0.15, -0.1) is 23.1 Å². The molecule has 0 saturated heterocycles. The Labute approximate surface area is 131 Å². The van der Waals surface area contributed by atoms with Gasteiger partial charge in [0.2, 0.25) is 0 Å². The second kappa shape index (κ2) is 8.10. The number of benzene rings is 1. The Balaban J connectivity index is 1.87. The molecule has 0 fully saturated rings. The van der Waals surface area contributed by atoms with Crippen molar-refractivity contribution in [2.24, 2.45) is 0 Å². The summed E-state index contributed by atoms with van der Waals surface area (Å²) >= 11 is 7.24. The third kappa shape index (κ3) is 5.30. The lowest BCUT2D eigenvalue weighted by molar-refractivity contribution is 0.576. The summed E-state index contributed by atoms with van der Waals surface area (Å²) in [5.41, 5.74) is 0. The van der Waals surface area contributed by atoms with Gasteiger partial charge in [-0.3, -0.25) is 0 Å². The predicted molar refractivity (Wildman–Crippen MR) is 90.4 cm³/mol. The number of thioether (sulfide) groups is 1. The highest BCUT2D eigenvalue weighted by atomic mass is 79.9. The predicted octanol–water partition coefficient (Wildman–Crippen LogP) is 4.82. The number of likely N-dealkylation sites (N-methyl/N-ethyl adjacent to an activating group) is 1. The monoisotopic (exact) mass is 355 g/mol. The minimum Gasteiger partial charge on any atom is -0.313 e. The molecule has 0 aliphatic carbocycles. The minimum absolute atomic E-state index is 0.539. The third-order valence-corrected chi connectivity index (χ3v) is 5.39. The largest absolute Gasteiger partial charge is 0.313 e. The topological polar surface area (TPSA) is 12.0 Å². The molecule has 1 atom stereocenters. The second-order valence-electron chi connectivity index (χ2n) is 4.30. The summed E-state index contributed by atoms with van der Waals surface area (Å²) in [6.07, 6.45) is 1.12. The fraction of sp³-hybridized carbons (Fsp3) is 0.333. The Bertz CT molecular complexity index is 467. The van der Waals surface area contributed by atoms with Crippen molar-refractivity contribution in [2.45, 2.75) is 24.3 Å². The molecule has 1 unspecified atom stereocenters. The lowest BCUT2D eigenvalue weighted by Gasteiger charge is -2.16. The first-order chi connectivity index (χ1) is 9.28. The van der Waals surface area contributed by atoms with E-state index >= 15 is 0 Å². The van der Waals surface area contributed by atoms with Gasteiger partial charge in [-0.05, 0) is 48.7 Å². The van der Waals surface area contributed by atoms with Crippen molar-refractivity contribution in [1.82, 2.24) is 5.32 Å². The number of halogens is 1. The quantitative estimate of drug-likeness (QED) is 0.714. The lowest BCUT2D eigenvalue weighted by Crippen LogP contribution is -2.32. The van der Waals surface area contributed by atoms with Gasteiger partial charge in [-0.1, -0.05) is 28.9 Å². The van der Waals surface area contributed by atoms with E-state index in [0.717, 1.165) is 23.2 Å². The maximum atomic E-state index is 3.58. The minimum atomic E-state index is 0.539. The molecule has 0 saturated carbocycles. The van der Waals surface area contributed by atoms with Gasteiger partial charge in [0.25, 0.3) is 0 Å². The Hall–Kier alpha value is -0.290. The van der Waals surface area contributed by atoms with Crippen LogP contribution in [0.3, 0.4) is 0 Å². The smallest absolute Gasteiger partial charge is 0.0209 e. The van der Waals surface area contributed by atoms with Gasteiger partial charge in [0, 0.05) is 26.0 Å². The van der Waals surface area contributed by atoms with Crippen molar-refractivity contribution in [2.75, 3.05) is 12.3 Å². The first kappa shape index (κ1) is 15.1. The van der Waals surface area contributed by atoms with Gasteiger partial charge >= 0.3 is 0 Å². The number of nitrogens with one attached hydrogen (secondary N) is 1. The summed E-state index contributed by atoms with van der Waals surface area (Å²) in [5.74, 6) is 1.10. The molecule has 1 N–H and O–H groups in total. The zero-order chi connectivity index (χ0) is 13.5. The second-order valence-corrected chi connectivity index (χ2v) is 7.34. The van der Waals surface area contributed by atoms with Gasteiger partial charge in [0.15, 0.2) is 0 Å². The molecule has 1 aromatic heterocycles. The van der Waals surface area contributed by atoms with Crippen LogP contribution in [-0.4, -0.2) is 18.3 Å². The van der Waals surface area contributed by atoms with Crippen molar-refractivity contribution in [3.8, 4) is 0 Å². The standard InChI is InChI=1S/C15H18BrNS2/c1-2-17-13(10-15-4-3-9-18-15)11-19-14-7-5-12(16)6-8-14/h3-9,13,17H,2,10-11H2,1H3. The van der Waals surface area contributed by atoms with Gasteiger partial charge in [-0.25, -0.2) is 0 Å². The summed E-state index contributed by atoms with van der Waals surface area (Å²) < 4.78 is 1.14. The molecule has 19 heavy (non-hydrogen) atoms. The molecular formula is C15H18BrNS2. The summed E-state index contributed by atoms with van der Waals surface area (Å²) in [4.78, 5) is 2.79. The summed E-state index contributed by atoms with van der Waals surface area (Å²) in [6.45, 7) is 3.20. The van der Waals surface area contributed by atoms with Crippen molar-refractivity contribution in [1.29, 1.82) is 0 Å². The van der Waals surface area contributed by atoms with E-state index < -0.39 is 0 Å². The fourth-order valence-electron chi connectivity index (χ4n) is 1.88. The van der Waals surface area contributed by atoms with Gasteiger partial charge in [0.1, 0.15) is 0 Å². The van der Waals surface area contributed by atoms with E-state index in [2.05, 4.69) is 69.9 Å². The van der Waals surface area contributed by atoms with Crippen LogP contribution in [0.4, 0.5) is 0 Å². The summed E-state index contributed by atoms with van der Waals surface area (Å²) in [7, 11) is 0. The van der Waals surface area contributed by atoms with Crippen LogP contribution in [0, 0.1) is 0 Å². The molecule has 4 heteroatoms. The maximum absolute atomic E-state index is 3.58. The first-order valence-corrected chi connectivity index (χ1v) is 9.08. The van der Waals surface area contributed by atoms with E-state index in [9.17, 15) is 0 Å². The van der Waals surface area contributed by atoms with Crippen molar-refractivity contribution < 1.29 is 0 Å². The van der Waals surface area contributed by atoms with E-state index in [1.54, 1.807) is 0 Å². The molecule has 0 bridgehead atoms. The third-order valence-electron chi connectivity index (χ3n) is 2.79. The van der Waals surface area contributed by atoms with E-state index in [4.69, 9.17) is 0 Å². The molecule has 1 nitrogen and oxygen atoms in total. The van der Waals surface area contributed by atoms with Crippen molar-refractivity contribution in [3.63, 3.8) is 0 Å². The molecular weight excluding hydrogens is 338 g/mol. The van der Waals surface area contributed by atoms with E-state index in [0.29, 0.717) is 6.04 Å².